The van der Waals surface area contributed by atoms with Crippen LogP contribution in [-0.2, 0) is 9.53 Å². The minimum Gasteiger partial charge on any atom is -0.365 e. The lowest BCUT2D eigenvalue weighted by Crippen LogP contribution is -2.34. The number of anilines is 2. The van der Waals surface area contributed by atoms with Crippen molar-refractivity contribution in [1.29, 1.82) is 0 Å². The first-order valence-electron chi connectivity index (χ1n) is 10.6. The summed E-state index contributed by atoms with van der Waals surface area (Å²) in [6.45, 7) is 5.98. The molecule has 1 saturated heterocycles. The Morgan fingerprint density at radius 1 is 1.14 bits per heavy atom. The highest BCUT2D eigenvalue weighted by Gasteiger charge is 2.26. The number of para-hydroxylation sites is 2. The molecule has 1 aromatic carbocycles. The average molecular weight is 383 g/mol. The number of nitrogens with one attached hydrogen (secondary N) is 1. The largest absolute Gasteiger partial charge is 0.365 e. The second-order valence-corrected chi connectivity index (χ2v) is 8.24. The van der Waals surface area contributed by atoms with Gasteiger partial charge in [0.1, 0.15) is 6.10 Å². The second-order valence-electron chi connectivity index (χ2n) is 8.24. The number of hydrogen-bond acceptors (Lipinski definition) is 5. The van der Waals surface area contributed by atoms with E-state index in [1.54, 1.807) is 0 Å². The quantitative estimate of drug-likeness (QED) is 0.841. The third kappa shape index (κ3) is 4.27. The van der Waals surface area contributed by atoms with Crippen molar-refractivity contribution >= 4 is 28.6 Å². The average Bonchev–Trinajstić information content (AvgIpc) is 3.22. The lowest BCUT2D eigenvalue weighted by molar-refractivity contribution is -0.131. The Hall–Kier alpha value is -2.21. The van der Waals surface area contributed by atoms with Crippen molar-refractivity contribution in [2.24, 2.45) is 5.92 Å². The van der Waals surface area contributed by atoms with Gasteiger partial charge in [-0.1, -0.05) is 31.9 Å². The summed E-state index contributed by atoms with van der Waals surface area (Å²) < 4.78 is 6.07. The molecule has 1 N–H and O–H groups in total. The van der Waals surface area contributed by atoms with Crippen LogP contribution in [0.5, 0.6) is 0 Å². The monoisotopic (exact) mass is 382 g/mol. The fourth-order valence-electron chi connectivity index (χ4n) is 4.29. The molecular formula is C22H30N4O2. The van der Waals surface area contributed by atoms with E-state index < -0.39 is 6.10 Å². The van der Waals surface area contributed by atoms with Crippen LogP contribution < -0.4 is 10.2 Å². The first-order valence-corrected chi connectivity index (χ1v) is 10.6. The lowest BCUT2D eigenvalue weighted by Gasteiger charge is -2.29. The van der Waals surface area contributed by atoms with E-state index >= 15 is 0 Å². The summed E-state index contributed by atoms with van der Waals surface area (Å²) in [4.78, 5) is 24.6. The second kappa shape index (κ2) is 8.43. The molecule has 1 aliphatic heterocycles. The van der Waals surface area contributed by atoms with Crippen LogP contribution in [-0.4, -0.2) is 41.2 Å². The zero-order chi connectivity index (χ0) is 19.5. The van der Waals surface area contributed by atoms with Gasteiger partial charge < -0.3 is 15.0 Å². The van der Waals surface area contributed by atoms with Crippen molar-refractivity contribution in [2.45, 2.75) is 64.6 Å². The fraction of sp³-hybridized carbons (Fsp3) is 0.591. The van der Waals surface area contributed by atoms with E-state index in [-0.39, 0.29) is 12.0 Å². The lowest BCUT2D eigenvalue weighted by atomic mass is 9.88. The topological polar surface area (TPSA) is 67.3 Å². The number of fused-ring (bicyclic) bond motifs is 1. The number of amides is 1. The molecule has 28 heavy (non-hydrogen) atoms. The van der Waals surface area contributed by atoms with Crippen molar-refractivity contribution in [2.75, 3.05) is 23.3 Å². The summed E-state index contributed by atoms with van der Waals surface area (Å²) in [7, 11) is 0. The van der Waals surface area contributed by atoms with Gasteiger partial charge in [-0.25, -0.2) is 9.97 Å². The number of hydrogen-bond donors (Lipinski definition) is 1. The van der Waals surface area contributed by atoms with Gasteiger partial charge in [0, 0.05) is 13.1 Å². The molecule has 1 amide bonds. The van der Waals surface area contributed by atoms with Gasteiger partial charge in [-0.05, 0) is 50.7 Å². The minimum absolute atomic E-state index is 0.150. The SMILES string of the molecule is C[C@@H]1CCC[C@@H](O[C@H](C)C(=O)Nc2nc3ccccc3nc2N2CCCC2)C1. The molecule has 1 aromatic heterocycles. The summed E-state index contributed by atoms with van der Waals surface area (Å²) >= 11 is 0. The minimum atomic E-state index is -0.505. The first kappa shape index (κ1) is 19.1. The molecule has 2 fully saturated rings. The van der Waals surface area contributed by atoms with Gasteiger partial charge in [-0.2, -0.15) is 0 Å². The molecule has 4 rings (SSSR count). The number of aromatic nitrogens is 2. The van der Waals surface area contributed by atoms with Crippen molar-refractivity contribution in [3.63, 3.8) is 0 Å². The van der Waals surface area contributed by atoms with E-state index in [1.165, 1.54) is 12.8 Å². The van der Waals surface area contributed by atoms with Gasteiger partial charge in [0.25, 0.3) is 5.91 Å². The Morgan fingerprint density at radius 3 is 2.57 bits per heavy atom. The highest BCUT2D eigenvalue weighted by atomic mass is 16.5. The van der Waals surface area contributed by atoms with E-state index in [4.69, 9.17) is 14.7 Å². The summed E-state index contributed by atoms with van der Waals surface area (Å²) in [5, 5.41) is 3.00. The van der Waals surface area contributed by atoms with Gasteiger partial charge in [-0.15, -0.1) is 0 Å². The summed E-state index contributed by atoms with van der Waals surface area (Å²) in [6.07, 6.45) is 6.45. The third-order valence-corrected chi connectivity index (χ3v) is 5.85. The number of ether oxygens (including phenoxy) is 1. The first-order chi connectivity index (χ1) is 13.6. The van der Waals surface area contributed by atoms with E-state index in [2.05, 4.69) is 17.1 Å². The van der Waals surface area contributed by atoms with Gasteiger partial charge >= 0.3 is 0 Å². The van der Waals surface area contributed by atoms with Crippen LogP contribution in [0.2, 0.25) is 0 Å². The maximum atomic E-state index is 12.8. The molecular weight excluding hydrogens is 352 g/mol. The fourth-order valence-corrected chi connectivity index (χ4v) is 4.29. The number of nitrogens with zero attached hydrogens (tertiary/aromatic N) is 3. The number of benzene rings is 1. The summed E-state index contributed by atoms with van der Waals surface area (Å²) in [5.74, 6) is 1.83. The van der Waals surface area contributed by atoms with Crippen LogP contribution in [0.3, 0.4) is 0 Å². The molecule has 6 heteroatoms. The zero-order valence-corrected chi connectivity index (χ0v) is 16.9. The molecule has 2 aromatic rings. The van der Waals surface area contributed by atoms with E-state index in [0.717, 1.165) is 55.6 Å². The molecule has 1 aliphatic carbocycles. The molecule has 1 saturated carbocycles. The Balaban J connectivity index is 1.52. The molecule has 2 aliphatic rings. The number of carbonyl (C=O) groups is 1. The van der Waals surface area contributed by atoms with E-state index in [9.17, 15) is 4.79 Å². The molecule has 3 atom stereocenters. The van der Waals surface area contributed by atoms with Gasteiger partial charge in [0.05, 0.1) is 17.1 Å². The predicted molar refractivity (Wildman–Crippen MR) is 112 cm³/mol. The number of carbonyl (C=O) groups excluding carboxylic acids is 1. The van der Waals surface area contributed by atoms with Crippen molar-refractivity contribution < 1.29 is 9.53 Å². The Bertz CT molecular complexity index is 834. The normalized spacial score (nSPS) is 23.7. The highest BCUT2D eigenvalue weighted by Crippen LogP contribution is 2.29. The van der Waals surface area contributed by atoms with Crippen LogP contribution in [0, 0.1) is 5.92 Å². The van der Waals surface area contributed by atoms with Crippen LogP contribution >= 0.6 is 0 Å². The molecule has 0 unspecified atom stereocenters. The van der Waals surface area contributed by atoms with Crippen LogP contribution in [0.15, 0.2) is 24.3 Å². The van der Waals surface area contributed by atoms with E-state index in [0.29, 0.717) is 11.7 Å². The molecule has 6 nitrogen and oxygen atoms in total. The zero-order valence-electron chi connectivity index (χ0n) is 16.9. The molecule has 0 bridgehead atoms. The van der Waals surface area contributed by atoms with Gasteiger partial charge in [-0.3, -0.25) is 4.79 Å². The van der Waals surface area contributed by atoms with E-state index in [1.807, 2.05) is 31.2 Å². The Kier molecular flexibility index (Phi) is 5.76. The van der Waals surface area contributed by atoms with Crippen molar-refractivity contribution in [3.05, 3.63) is 24.3 Å². The summed E-state index contributed by atoms with van der Waals surface area (Å²) in [5.41, 5.74) is 1.64. The summed E-state index contributed by atoms with van der Waals surface area (Å²) in [6, 6.07) is 7.79. The van der Waals surface area contributed by atoms with Crippen LogP contribution in [0.25, 0.3) is 11.0 Å². The highest BCUT2D eigenvalue weighted by molar-refractivity contribution is 5.96. The standard InChI is InChI=1S/C22H30N4O2/c1-15-8-7-9-17(14-15)28-16(2)22(27)25-20-21(26-12-5-6-13-26)24-19-11-4-3-10-18(19)23-20/h3-4,10-11,15-17H,5-9,12-14H2,1-2H3,(H,23,25,27)/t15-,16-,17-/m1/s1. The third-order valence-electron chi connectivity index (χ3n) is 5.85. The van der Waals surface area contributed by atoms with Crippen molar-refractivity contribution in [1.82, 2.24) is 9.97 Å². The Morgan fingerprint density at radius 2 is 1.86 bits per heavy atom. The molecule has 150 valence electrons. The van der Waals surface area contributed by atoms with Gasteiger partial charge in [0.2, 0.25) is 0 Å². The maximum Gasteiger partial charge on any atom is 0.254 e. The molecule has 0 spiro atoms. The van der Waals surface area contributed by atoms with Crippen LogP contribution in [0.1, 0.15) is 52.4 Å². The van der Waals surface area contributed by atoms with Crippen molar-refractivity contribution in [3.8, 4) is 0 Å². The molecule has 0 radical (unpaired) electrons. The van der Waals surface area contributed by atoms with Gasteiger partial charge in [0.15, 0.2) is 11.6 Å². The number of rotatable bonds is 5. The smallest absolute Gasteiger partial charge is 0.254 e. The van der Waals surface area contributed by atoms with Crippen LogP contribution in [0.4, 0.5) is 11.6 Å². The Labute approximate surface area is 166 Å². The molecule has 2 heterocycles. The maximum absolute atomic E-state index is 12.8. The predicted octanol–water partition coefficient (Wildman–Crippen LogP) is 4.15.